The number of para-hydroxylation sites is 1. The Kier molecular flexibility index (Phi) is 3.97. The zero-order chi connectivity index (χ0) is 11.2. The Morgan fingerprint density at radius 1 is 1.25 bits per heavy atom. The molecule has 0 unspecified atom stereocenters. The number of aromatic nitrogens is 1. The summed E-state index contributed by atoms with van der Waals surface area (Å²) in [6.07, 6.45) is 4.14. The minimum Gasteiger partial charge on any atom is -0.361 e. The first-order valence-electron chi connectivity index (χ1n) is 5.53. The first-order valence-corrected chi connectivity index (χ1v) is 5.53. The van der Waals surface area contributed by atoms with Gasteiger partial charge >= 0.3 is 0 Å². The molecule has 0 spiro atoms. The molecule has 0 amide bonds. The minimum atomic E-state index is 0.383. The predicted molar refractivity (Wildman–Crippen MR) is 64.4 cm³/mol. The van der Waals surface area contributed by atoms with Gasteiger partial charge in [0.25, 0.3) is 0 Å². The SMILES string of the molecule is COCOCCCc1c[nH]c2ccccc12. The van der Waals surface area contributed by atoms with Gasteiger partial charge in [-0.1, -0.05) is 18.2 Å². The maximum absolute atomic E-state index is 5.26. The van der Waals surface area contributed by atoms with Gasteiger partial charge in [-0.25, -0.2) is 0 Å². The molecular formula is C13H17NO2. The van der Waals surface area contributed by atoms with Crippen LogP contribution in [0.2, 0.25) is 0 Å². The van der Waals surface area contributed by atoms with Gasteiger partial charge in [-0.2, -0.15) is 0 Å². The molecule has 2 aromatic rings. The van der Waals surface area contributed by atoms with E-state index in [2.05, 4.69) is 29.4 Å². The van der Waals surface area contributed by atoms with Crippen molar-refractivity contribution in [3.8, 4) is 0 Å². The third kappa shape index (κ3) is 2.62. The van der Waals surface area contributed by atoms with Crippen molar-refractivity contribution < 1.29 is 9.47 Å². The molecule has 0 bridgehead atoms. The molecule has 0 aliphatic carbocycles. The molecule has 86 valence electrons. The van der Waals surface area contributed by atoms with E-state index in [1.807, 2.05) is 6.07 Å². The summed E-state index contributed by atoms with van der Waals surface area (Å²) in [5.74, 6) is 0. The number of benzene rings is 1. The first kappa shape index (κ1) is 11.2. The quantitative estimate of drug-likeness (QED) is 0.598. The Hall–Kier alpha value is -1.32. The summed E-state index contributed by atoms with van der Waals surface area (Å²) >= 11 is 0. The van der Waals surface area contributed by atoms with E-state index >= 15 is 0 Å². The lowest BCUT2D eigenvalue weighted by molar-refractivity contribution is -0.0309. The number of hydrogen-bond donors (Lipinski definition) is 1. The van der Waals surface area contributed by atoms with E-state index in [0.717, 1.165) is 19.4 Å². The molecule has 16 heavy (non-hydrogen) atoms. The average Bonchev–Trinajstić information content (AvgIpc) is 2.73. The molecule has 0 fully saturated rings. The molecule has 0 saturated carbocycles. The maximum atomic E-state index is 5.26. The van der Waals surface area contributed by atoms with Crippen LogP contribution < -0.4 is 0 Å². The molecule has 0 saturated heterocycles. The zero-order valence-electron chi connectivity index (χ0n) is 9.53. The van der Waals surface area contributed by atoms with Crippen molar-refractivity contribution in [2.75, 3.05) is 20.5 Å². The van der Waals surface area contributed by atoms with Crippen LogP contribution in [0.5, 0.6) is 0 Å². The van der Waals surface area contributed by atoms with Gasteiger partial charge in [-0.05, 0) is 24.5 Å². The van der Waals surface area contributed by atoms with Crippen LogP contribution in [0.25, 0.3) is 10.9 Å². The fraction of sp³-hybridized carbons (Fsp3) is 0.385. The Bertz CT molecular complexity index is 436. The molecule has 0 atom stereocenters. The van der Waals surface area contributed by atoms with Gasteiger partial charge in [0.2, 0.25) is 0 Å². The maximum Gasteiger partial charge on any atom is 0.146 e. The topological polar surface area (TPSA) is 34.2 Å². The number of hydrogen-bond acceptors (Lipinski definition) is 2. The highest BCUT2D eigenvalue weighted by Gasteiger charge is 2.01. The van der Waals surface area contributed by atoms with Gasteiger partial charge in [0.05, 0.1) is 0 Å². The Morgan fingerprint density at radius 3 is 3.00 bits per heavy atom. The van der Waals surface area contributed by atoms with Crippen LogP contribution in [-0.4, -0.2) is 25.5 Å². The standard InChI is InChI=1S/C13H17NO2/c1-15-10-16-8-4-5-11-9-14-13-7-3-2-6-12(11)13/h2-3,6-7,9,14H,4-5,8,10H2,1H3. The molecule has 1 aromatic carbocycles. The molecular weight excluding hydrogens is 202 g/mol. The van der Waals surface area contributed by atoms with Crippen LogP contribution in [-0.2, 0) is 15.9 Å². The van der Waals surface area contributed by atoms with Crippen molar-refractivity contribution in [3.05, 3.63) is 36.0 Å². The van der Waals surface area contributed by atoms with Crippen molar-refractivity contribution >= 4 is 10.9 Å². The summed E-state index contributed by atoms with van der Waals surface area (Å²) < 4.78 is 10.1. The largest absolute Gasteiger partial charge is 0.361 e. The van der Waals surface area contributed by atoms with Gasteiger partial charge in [-0.15, -0.1) is 0 Å². The van der Waals surface area contributed by atoms with Crippen molar-refractivity contribution in [3.63, 3.8) is 0 Å². The molecule has 3 nitrogen and oxygen atoms in total. The normalized spacial score (nSPS) is 11.1. The summed E-state index contributed by atoms with van der Waals surface area (Å²) in [6, 6.07) is 8.36. The lowest BCUT2D eigenvalue weighted by Gasteiger charge is -2.02. The molecule has 1 heterocycles. The van der Waals surface area contributed by atoms with Crippen LogP contribution in [0.1, 0.15) is 12.0 Å². The van der Waals surface area contributed by atoms with Crippen molar-refractivity contribution in [2.45, 2.75) is 12.8 Å². The number of rotatable bonds is 6. The number of aromatic amines is 1. The summed E-state index contributed by atoms with van der Waals surface area (Å²) in [4.78, 5) is 3.27. The highest BCUT2D eigenvalue weighted by atomic mass is 16.7. The lowest BCUT2D eigenvalue weighted by atomic mass is 10.1. The summed E-state index contributed by atoms with van der Waals surface area (Å²) in [5.41, 5.74) is 2.56. The average molecular weight is 219 g/mol. The number of aryl methyl sites for hydroxylation is 1. The van der Waals surface area contributed by atoms with Crippen molar-refractivity contribution in [1.29, 1.82) is 0 Å². The van der Waals surface area contributed by atoms with E-state index in [-0.39, 0.29) is 0 Å². The van der Waals surface area contributed by atoms with Crippen LogP contribution >= 0.6 is 0 Å². The highest BCUT2D eigenvalue weighted by molar-refractivity contribution is 5.82. The lowest BCUT2D eigenvalue weighted by Crippen LogP contribution is -1.99. The molecule has 0 radical (unpaired) electrons. The second kappa shape index (κ2) is 5.68. The monoisotopic (exact) mass is 219 g/mol. The third-order valence-corrected chi connectivity index (χ3v) is 2.61. The van der Waals surface area contributed by atoms with E-state index < -0.39 is 0 Å². The number of fused-ring (bicyclic) bond motifs is 1. The predicted octanol–water partition coefficient (Wildman–Crippen LogP) is 2.72. The molecule has 3 heteroatoms. The summed E-state index contributed by atoms with van der Waals surface area (Å²) in [5, 5.41) is 1.31. The zero-order valence-corrected chi connectivity index (χ0v) is 9.53. The third-order valence-electron chi connectivity index (χ3n) is 2.61. The number of ether oxygens (including phenoxy) is 2. The Morgan fingerprint density at radius 2 is 2.12 bits per heavy atom. The first-order chi connectivity index (χ1) is 7.92. The van der Waals surface area contributed by atoms with E-state index in [1.54, 1.807) is 7.11 Å². The summed E-state index contributed by atoms with van der Waals surface area (Å²) in [6.45, 7) is 1.13. The highest BCUT2D eigenvalue weighted by Crippen LogP contribution is 2.18. The number of methoxy groups -OCH3 is 1. The van der Waals surface area contributed by atoms with Crippen LogP contribution in [0, 0.1) is 0 Å². The number of nitrogens with one attached hydrogen (secondary N) is 1. The second-order valence-corrected chi connectivity index (χ2v) is 3.78. The van der Waals surface area contributed by atoms with Gasteiger partial charge in [-0.3, -0.25) is 0 Å². The fourth-order valence-electron chi connectivity index (χ4n) is 1.85. The van der Waals surface area contributed by atoms with E-state index in [9.17, 15) is 0 Å². The number of H-pyrrole nitrogens is 1. The van der Waals surface area contributed by atoms with Crippen LogP contribution in [0.3, 0.4) is 0 Å². The fourth-order valence-corrected chi connectivity index (χ4v) is 1.85. The van der Waals surface area contributed by atoms with Crippen LogP contribution in [0.4, 0.5) is 0 Å². The summed E-state index contributed by atoms with van der Waals surface area (Å²) in [7, 11) is 1.64. The van der Waals surface area contributed by atoms with E-state index in [0.29, 0.717) is 6.79 Å². The van der Waals surface area contributed by atoms with Gasteiger partial charge in [0.15, 0.2) is 0 Å². The molecule has 2 rings (SSSR count). The van der Waals surface area contributed by atoms with E-state index in [1.165, 1.54) is 16.5 Å². The van der Waals surface area contributed by atoms with Gasteiger partial charge < -0.3 is 14.5 Å². The van der Waals surface area contributed by atoms with Gasteiger partial charge in [0.1, 0.15) is 6.79 Å². The van der Waals surface area contributed by atoms with Crippen LogP contribution in [0.15, 0.2) is 30.5 Å². The van der Waals surface area contributed by atoms with E-state index in [4.69, 9.17) is 9.47 Å². The molecule has 1 aromatic heterocycles. The van der Waals surface area contributed by atoms with Crippen molar-refractivity contribution in [2.24, 2.45) is 0 Å². The Labute approximate surface area is 95.4 Å². The minimum absolute atomic E-state index is 0.383. The molecule has 1 N–H and O–H groups in total. The van der Waals surface area contributed by atoms with Crippen molar-refractivity contribution in [1.82, 2.24) is 4.98 Å². The Balaban J connectivity index is 1.89. The molecule has 0 aliphatic rings. The molecule has 0 aliphatic heterocycles. The smallest absolute Gasteiger partial charge is 0.146 e. The van der Waals surface area contributed by atoms with Gasteiger partial charge in [0, 0.05) is 30.8 Å². The second-order valence-electron chi connectivity index (χ2n) is 3.78.